The van der Waals surface area contributed by atoms with Gasteiger partial charge >= 0.3 is 5.97 Å². The first-order chi connectivity index (χ1) is 12.0. The number of aryl methyl sites for hydroxylation is 1. The zero-order valence-corrected chi connectivity index (χ0v) is 14.4. The van der Waals surface area contributed by atoms with E-state index < -0.39 is 12.1 Å². The number of aromatic nitrogens is 2. The number of benzene rings is 1. The van der Waals surface area contributed by atoms with E-state index in [2.05, 4.69) is 5.10 Å². The molecule has 0 spiro atoms. The quantitative estimate of drug-likeness (QED) is 0.788. The predicted molar refractivity (Wildman–Crippen MR) is 92.4 cm³/mol. The van der Waals surface area contributed by atoms with Crippen LogP contribution in [0.5, 0.6) is 0 Å². The molecule has 0 radical (unpaired) electrons. The van der Waals surface area contributed by atoms with Gasteiger partial charge in [0.25, 0.3) is 11.5 Å². The standard InChI is InChI=1S/C18H21N3O4/c1-3-21-17(23)14-9-5-4-8-13(14)15(19-21)18(24)25-12(2)16(22)20-10-6-7-11-20/h4-5,8-9,12H,3,6-7,10-11H2,1-2H3. The molecule has 2 heterocycles. The maximum atomic E-state index is 12.6. The van der Waals surface area contributed by atoms with Crippen LogP contribution in [0, 0.1) is 0 Å². The second kappa shape index (κ2) is 7.04. The minimum Gasteiger partial charge on any atom is -0.448 e. The van der Waals surface area contributed by atoms with Gasteiger partial charge in [0.15, 0.2) is 11.8 Å². The highest BCUT2D eigenvalue weighted by molar-refractivity contribution is 6.02. The number of carbonyl (C=O) groups excluding carboxylic acids is 2. The van der Waals surface area contributed by atoms with Crippen LogP contribution in [0.15, 0.2) is 29.1 Å². The monoisotopic (exact) mass is 343 g/mol. The smallest absolute Gasteiger partial charge is 0.360 e. The Bertz CT molecular complexity index is 868. The average Bonchev–Trinajstić information content (AvgIpc) is 3.16. The second-order valence-corrected chi connectivity index (χ2v) is 6.10. The third-order valence-electron chi connectivity index (χ3n) is 4.41. The highest BCUT2D eigenvalue weighted by Crippen LogP contribution is 2.16. The topological polar surface area (TPSA) is 81.5 Å². The molecule has 7 nitrogen and oxygen atoms in total. The van der Waals surface area contributed by atoms with Crippen LogP contribution in [-0.2, 0) is 16.1 Å². The molecule has 1 aliphatic rings. The summed E-state index contributed by atoms with van der Waals surface area (Å²) in [7, 11) is 0. The van der Waals surface area contributed by atoms with Crippen molar-refractivity contribution in [3.63, 3.8) is 0 Å². The van der Waals surface area contributed by atoms with E-state index in [1.807, 2.05) is 0 Å². The maximum Gasteiger partial charge on any atom is 0.360 e. The van der Waals surface area contributed by atoms with Crippen molar-refractivity contribution >= 4 is 22.6 Å². The van der Waals surface area contributed by atoms with Crippen molar-refractivity contribution in [2.45, 2.75) is 39.3 Å². The van der Waals surface area contributed by atoms with Gasteiger partial charge in [0, 0.05) is 25.0 Å². The number of nitrogens with zero attached hydrogens (tertiary/aromatic N) is 3. The molecule has 0 bridgehead atoms. The molecule has 2 aromatic rings. The van der Waals surface area contributed by atoms with Gasteiger partial charge in [0.1, 0.15) is 0 Å². The SMILES string of the molecule is CCn1nc(C(=O)OC(C)C(=O)N2CCCC2)c2ccccc2c1=O. The van der Waals surface area contributed by atoms with Crippen LogP contribution in [0.25, 0.3) is 10.8 Å². The van der Waals surface area contributed by atoms with Crippen molar-refractivity contribution in [1.82, 2.24) is 14.7 Å². The number of hydrogen-bond donors (Lipinski definition) is 0. The fraction of sp³-hybridized carbons (Fsp3) is 0.444. The van der Waals surface area contributed by atoms with Gasteiger partial charge in [-0.3, -0.25) is 9.59 Å². The summed E-state index contributed by atoms with van der Waals surface area (Å²) < 4.78 is 6.58. The Morgan fingerprint density at radius 3 is 2.48 bits per heavy atom. The van der Waals surface area contributed by atoms with E-state index in [1.54, 1.807) is 43.0 Å². The van der Waals surface area contributed by atoms with Crippen LogP contribution in [0.2, 0.25) is 0 Å². The number of rotatable bonds is 4. The van der Waals surface area contributed by atoms with Gasteiger partial charge in [-0.2, -0.15) is 5.10 Å². The summed E-state index contributed by atoms with van der Waals surface area (Å²) in [4.78, 5) is 39.0. The Kier molecular flexibility index (Phi) is 4.83. The van der Waals surface area contributed by atoms with E-state index in [9.17, 15) is 14.4 Å². The van der Waals surface area contributed by atoms with Crippen LogP contribution < -0.4 is 5.56 Å². The number of ether oxygens (including phenoxy) is 1. The molecule has 1 fully saturated rings. The van der Waals surface area contributed by atoms with Crippen LogP contribution in [0.4, 0.5) is 0 Å². The molecule has 132 valence electrons. The molecule has 1 aliphatic heterocycles. The number of carbonyl (C=O) groups is 2. The van der Waals surface area contributed by atoms with Crippen molar-refractivity contribution in [3.8, 4) is 0 Å². The van der Waals surface area contributed by atoms with Gasteiger partial charge in [-0.05, 0) is 32.8 Å². The van der Waals surface area contributed by atoms with E-state index >= 15 is 0 Å². The maximum absolute atomic E-state index is 12.6. The van der Waals surface area contributed by atoms with Crippen molar-refractivity contribution in [1.29, 1.82) is 0 Å². The van der Waals surface area contributed by atoms with E-state index in [0.717, 1.165) is 12.8 Å². The number of amides is 1. The fourth-order valence-electron chi connectivity index (χ4n) is 3.06. The highest BCUT2D eigenvalue weighted by atomic mass is 16.5. The normalized spacial score (nSPS) is 15.4. The Balaban J connectivity index is 1.90. The van der Waals surface area contributed by atoms with Gasteiger partial charge in [-0.15, -0.1) is 0 Å². The third kappa shape index (κ3) is 3.26. The lowest BCUT2D eigenvalue weighted by Gasteiger charge is -2.20. The van der Waals surface area contributed by atoms with Crippen LogP contribution in [0.1, 0.15) is 37.2 Å². The molecule has 3 rings (SSSR count). The summed E-state index contributed by atoms with van der Waals surface area (Å²) in [6.07, 6.45) is 1.06. The van der Waals surface area contributed by atoms with Crippen molar-refractivity contribution < 1.29 is 14.3 Å². The largest absolute Gasteiger partial charge is 0.448 e. The van der Waals surface area contributed by atoms with Crippen LogP contribution in [0.3, 0.4) is 0 Å². The van der Waals surface area contributed by atoms with Gasteiger partial charge in [0.05, 0.1) is 5.39 Å². The van der Waals surface area contributed by atoms with Gasteiger partial charge in [0.2, 0.25) is 0 Å². The van der Waals surface area contributed by atoms with E-state index in [4.69, 9.17) is 4.74 Å². The van der Waals surface area contributed by atoms with Crippen LogP contribution >= 0.6 is 0 Å². The zero-order valence-electron chi connectivity index (χ0n) is 14.4. The molecular formula is C18H21N3O4. The Morgan fingerprint density at radius 1 is 1.20 bits per heavy atom. The van der Waals surface area contributed by atoms with E-state index in [0.29, 0.717) is 30.4 Å². The molecule has 1 aromatic heterocycles. The summed E-state index contributed by atoms with van der Waals surface area (Å²) in [6, 6.07) is 6.78. The molecule has 25 heavy (non-hydrogen) atoms. The highest BCUT2D eigenvalue weighted by Gasteiger charge is 2.27. The average molecular weight is 343 g/mol. The lowest BCUT2D eigenvalue weighted by atomic mass is 10.1. The van der Waals surface area contributed by atoms with Gasteiger partial charge in [-0.25, -0.2) is 9.48 Å². The van der Waals surface area contributed by atoms with E-state index in [-0.39, 0.29) is 17.2 Å². The minimum absolute atomic E-state index is 0.0538. The van der Waals surface area contributed by atoms with E-state index in [1.165, 1.54) is 4.68 Å². The first-order valence-corrected chi connectivity index (χ1v) is 8.52. The zero-order chi connectivity index (χ0) is 18.0. The fourth-order valence-corrected chi connectivity index (χ4v) is 3.06. The summed E-state index contributed by atoms with van der Waals surface area (Å²) in [5.41, 5.74) is -0.200. The summed E-state index contributed by atoms with van der Waals surface area (Å²) in [6.45, 7) is 5.08. The molecule has 1 amide bonds. The molecule has 1 saturated heterocycles. The second-order valence-electron chi connectivity index (χ2n) is 6.10. The van der Waals surface area contributed by atoms with Crippen molar-refractivity contribution in [2.24, 2.45) is 0 Å². The Hall–Kier alpha value is -2.70. The molecule has 7 heteroatoms. The first kappa shape index (κ1) is 17.1. The number of fused-ring (bicyclic) bond motifs is 1. The van der Waals surface area contributed by atoms with Crippen molar-refractivity contribution in [2.75, 3.05) is 13.1 Å². The molecule has 0 N–H and O–H groups in total. The number of esters is 1. The molecule has 0 saturated carbocycles. The molecule has 1 unspecified atom stereocenters. The lowest BCUT2D eigenvalue weighted by Crippen LogP contribution is -2.38. The third-order valence-corrected chi connectivity index (χ3v) is 4.41. The number of likely N-dealkylation sites (tertiary alicyclic amines) is 1. The lowest BCUT2D eigenvalue weighted by molar-refractivity contribution is -0.138. The van der Waals surface area contributed by atoms with Crippen molar-refractivity contribution in [3.05, 3.63) is 40.3 Å². The Labute approximate surface area is 145 Å². The minimum atomic E-state index is -0.881. The molecular weight excluding hydrogens is 322 g/mol. The molecule has 1 atom stereocenters. The summed E-state index contributed by atoms with van der Waals surface area (Å²) in [5, 5.41) is 4.97. The summed E-state index contributed by atoms with van der Waals surface area (Å²) >= 11 is 0. The number of hydrogen-bond acceptors (Lipinski definition) is 5. The summed E-state index contributed by atoms with van der Waals surface area (Å²) in [5.74, 6) is -0.891. The predicted octanol–water partition coefficient (Wildman–Crippen LogP) is 1.58. The Morgan fingerprint density at radius 2 is 1.84 bits per heavy atom. The van der Waals surface area contributed by atoms with Gasteiger partial charge in [-0.1, -0.05) is 18.2 Å². The molecule has 1 aromatic carbocycles. The van der Waals surface area contributed by atoms with Gasteiger partial charge < -0.3 is 9.64 Å². The molecule has 0 aliphatic carbocycles. The van der Waals surface area contributed by atoms with Crippen LogP contribution in [-0.4, -0.2) is 45.8 Å². The first-order valence-electron chi connectivity index (χ1n) is 8.52.